The highest BCUT2D eigenvalue weighted by atomic mass is 16.4. The first kappa shape index (κ1) is 12.9. The molecule has 1 aliphatic rings. The molecule has 1 saturated carbocycles. The predicted molar refractivity (Wildman–Crippen MR) is 73.2 cm³/mol. The van der Waals surface area contributed by atoms with Gasteiger partial charge in [-0.25, -0.2) is 4.79 Å². The average molecular weight is 247 g/mol. The van der Waals surface area contributed by atoms with Gasteiger partial charge in [-0.15, -0.1) is 0 Å². The third-order valence-electron chi connectivity index (χ3n) is 4.06. The SMILES string of the molecule is Cc1cc(C)cc(N(C)C2(C(=O)O)CCCC2)c1. The molecule has 1 fully saturated rings. The largest absolute Gasteiger partial charge is 0.479 e. The van der Waals surface area contributed by atoms with Crippen LogP contribution in [0.1, 0.15) is 36.8 Å². The molecule has 1 aromatic rings. The van der Waals surface area contributed by atoms with E-state index in [0.29, 0.717) is 0 Å². The van der Waals surface area contributed by atoms with Crippen LogP contribution >= 0.6 is 0 Å². The van der Waals surface area contributed by atoms with Gasteiger partial charge in [0.25, 0.3) is 0 Å². The molecule has 0 aromatic heterocycles. The Labute approximate surface area is 108 Å². The molecule has 0 heterocycles. The highest BCUT2D eigenvalue weighted by Crippen LogP contribution is 2.38. The highest BCUT2D eigenvalue weighted by molar-refractivity contribution is 5.84. The average Bonchev–Trinajstić information content (AvgIpc) is 2.76. The van der Waals surface area contributed by atoms with E-state index >= 15 is 0 Å². The number of carbonyl (C=O) groups is 1. The van der Waals surface area contributed by atoms with E-state index in [1.165, 1.54) is 11.1 Å². The van der Waals surface area contributed by atoms with Crippen molar-refractivity contribution in [1.29, 1.82) is 0 Å². The third-order valence-corrected chi connectivity index (χ3v) is 4.06. The maximum atomic E-state index is 11.7. The molecule has 1 aliphatic carbocycles. The molecular formula is C15H21NO2. The molecule has 0 spiro atoms. The quantitative estimate of drug-likeness (QED) is 0.892. The van der Waals surface area contributed by atoms with Crippen LogP contribution in [0.4, 0.5) is 5.69 Å². The molecule has 3 nitrogen and oxygen atoms in total. The predicted octanol–water partition coefficient (Wildman–Crippen LogP) is 3.14. The zero-order valence-electron chi connectivity index (χ0n) is 11.4. The molecule has 18 heavy (non-hydrogen) atoms. The van der Waals surface area contributed by atoms with Gasteiger partial charge in [-0.1, -0.05) is 18.9 Å². The summed E-state index contributed by atoms with van der Waals surface area (Å²) in [6, 6.07) is 6.24. The summed E-state index contributed by atoms with van der Waals surface area (Å²) in [6.45, 7) is 4.10. The Bertz CT molecular complexity index is 441. The van der Waals surface area contributed by atoms with Gasteiger partial charge in [0, 0.05) is 12.7 Å². The molecule has 1 aromatic carbocycles. The molecule has 0 atom stereocenters. The lowest BCUT2D eigenvalue weighted by molar-refractivity contribution is -0.143. The van der Waals surface area contributed by atoms with Gasteiger partial charge in [0.1, 0.15) is 5.54 Å². The van der Waals surface area contributed by atoms with Crippen molar-refractivity contribution in [3.05, 3.63) is 29.3 Å². The maximum Gasteiger partial charge on any atom is 0.329 e. The fourth-order valence-electron chi connectivity index (χ4n) is 3.04. The van der Waals surface area contributed by atoms with Gasteiger partial charge in [0.2, 0.25) is 0 Å². The number of hydrogen-bond acceptors (Lipinski definition) is 2. The summed E-state index contributed by atoms with van der Waals surface area (Å²) in [5.74, 6) is -0.693. The van der Waals surface area contributed by atoms with Gasteiger partial charge in [-0.05, 0) is 49.9 Å². The first-order chi connectivity index (χ1) is 8.45. The van der Waals surface area contributed by atoms with Crippen molar-refractivity contribution in [3.8, 4) is 0 Å². The Morgan fingerprint density at radius 1 is 1.17 bits per heavy atom. The van der Waals surface area contributed by atoms with Crippen molar-refractivity contribution in [2.24, 2.45) is 0 Å². The van der Waals surface area contributed by atoms with Crippen molar-refractivity contribution in [2.75, 3.05) is 11.9 Å². The molecule has 3 heteroatoms. The number of nitrogens with zero attached hydrogens (tertiary/aromatic N) is 1. The normalized spacial score (nSPS) is 17.7. The van der Waals surface area contributed by atoms with E-state index in [0.717, 1.165) is 31.4 Å². The van der Waals surface area contributed by atoms with Crippen molar-refractivity contribution in [1.82, 2.24) is 0 Å². The van der Waals surface area contributed by atoms with Crippen molar-refractivity contribution >= 4 is 11.7 Å². The maximum absolute atomic E-state index is 11.7. The Hall–Kier alpha value is -1.51. The summed E-state index contributed by atoms with van der Waals surface area (Å²) in [4.78, 5) is 13.6. The van der Waals surface area contributed by atoms with E-state index in [1.54, 1.807) is 0 Å². The van der Waals surface area contributed by atoms with Crippen LogP contribution in [-0.4, -0.2) is 23.7 Å². The first-order valence-electron chi connectivity index (χ1n) is 6.51. The molecule has 0 amide bonds. The second-order valence-electron chi connectivity index (χ2n) is 5.45. The Morgan fingerprint density at radius 2 is 1.67 bits per heavy atom. The zero-order chi connectivity index (χ0) is 13.3. The minimum absolute atomic E-state index is 0.693. The van der Waals surface area contributed by atoms with Crippen molar-refractivity contribution in [3.63, 3.8) is 0 Å². The molecule has 0 saturated heterocycles. The lowest BCUT2D eigenvalue weighted by Gasteiger charge is -2.37. The fraction of sp³-hybridized carbons (Fsp3) is 0.533. The number of carboxylic acids is 1. The third kappa shape index (κ3) is 2.09. The molecule has 2 rings (SSSR count). The monoisotopic (exact) mass is 247 g/mol. The van der Waals surface area contributed by atoms with Gasteiger partial charge < -0.3 is 10.0 Å². The van der Waals surface area contributed by atoms with Crippen molar-refractivity contribution in [2.45, 2.75) is 45.1 Å². The summed E-state index contributed by atoms with van der Waals surface area (Å²) < 4.78 is 0. The number of likely N-dealkylation sites (N-methyl/N-ethyl adjacent to an activating group) is 1. The summed E-state index contributed by atoms with van der Waals surface area (Å²) in [5, 5.41) is 9.59. The zero-order valence-corrected chi connectivity index (χ0v) is 11.4. The topological polar surface area (TPSA) is 40.5 Å². The Morgan fingerprint density at radius 3 is 2.11 bits per heavy atom. The van der Waals surface area contributed by atoms with Gasteiger partial charge in [-0.3, -0.25) is 0 Å². The molecule has 0 radical (unpaired) electrons. The van der Waals surface area contributed by atoms with Crippen LogP contribution in [0.5, 0.6) is 0 Å². The standard InChI is InChI=1S/C15H21NO2/c1-11-8-12(2)10-13(9-11)16(3)15(14(17)18)6-4-5-7-15/h8-10H,4-7H2,1-3H3,(H,17,18). The summed E-state index contributed by atoms with van der Waals surface area (Å²) in [7, 11) is 1.91. The van der Waals surface area contributed by atoms with E-state index in [4.69, 9.17) is 0 Å². The van der Waals surface area contributed by atoms with Crippen LogP contribution < -0.4 is 4.90 Å². The number of rotatable bonds is 3. The molecule has 0 aliphatic heterocycles. The summed E-state index contributed by atoms with van der Waals surface area (Å²) in [5.41, 5.74) is 2.66. The minimum Gasteiger partial charge on any atom is -0.479 e. The molecular weight excluding hydrogens is 226 g/mol. The number of aliphatic carboxylic acids is 1. The Balaban J connectivity index is 2.39. The second-order valence-corrected chi connectivity index (χ2v) is 5.45. The van der Waals surface area contributed by atoms with Crippen LogP contribution in [0.25, 0.3) is 0 Å². The van der Waals surface area contributed by atoms with E-state index in [9.17, 15) is 9.90 Å². The van der Waals surface area contributed by atoms with Crippen LogP contribution in [0, 0.1) is 13.8 Å². The first-order valence-corrected chi connectivity index (χ1v) is 6.51. The van der Waals surface area contributed by atoms with Crippen LogP contribution in [0.15, 0.2) is 18.2 Å². The molecule has 98 valence electrons. The van der Waals surface area contributed by atoms with E-state index in [2.05, 4.69) is 18.2 Å². The van der Waals surface area contributed by atoms with Gasteiger partial charge in [0.15, 0.2) is 0 Å². The smallest absolute Gasteiger partial charge is 0.329 e. The number of anilines is 1. The number of carboxylic acid groups (broad SMARTS) is 1. The fourth-order valence-corrected chi connectivity index (χ4v) is 3.04. The van der Waals surface area contributed by atoms with Gasteiger partial charge in [-0.2, -0.15) is 0 Å². The second kappa shape index (κ2) is 4.63. The molecule has 1 N–H and O–H groups in total. The van der Waals surface area contributed by atoms with Gasteiger partial charge in [0.05, 0.1) is 0 Å². The van der Waals surface area contributed by atoms with Crippen LogP contribution in [0.3, 0.4) is 0 Å². The Kier molecular flexibility index (Phi) is 3.33. The number of hydrogen-bond donors (Lipinski definition) is 1. The number of aryl methyl sites for hydroxylation is 2. The lowest BCUT2D eigenvalue weighted by Crippen LogP contribution is -2.51. The van der Waals surface area contributed by atoms with E-state index in [1.807, 2.05) is 25.8 Å². The molecule has 0 unspecified atom stereocenters. The van der Waals surface area contributed by atoms with Crippen molar-refractivity contribution < 1.29 is 9.90 Å². The summed E-state index contributed by atoms with van der Waals surface area (Å²) in [6.07, 6.45) is 3.49. The number of benzene rings is 1. The van der Waals surface area contributed by atoms with E-state index < -0.39 is 11.5 Å². The summed E-state index contributed by atoms with van der Waals surface area (Å²) >= 11 is 0. The molecule has 0 bridgehead atoms. The highest BCUT2D eigenvalue weighted by Gasteiger charge is 2.45. The van der Waals surface area contributed by atoms with Gasteiger partial charge >= 0.3 is 5.97 Å². The van der Waals surface area contributed by atoms with Crippen LogP contribution in [0.2, 0.25) is 0 Å². The van der Waals surface area contributed by atoms with E-state index in [-0.39, 0.29) is 0 Å². The van der Waals surface area contributed by atoms with Crippen LogP contribution in [-0.2, 0) is 4.79 Å². The lowest BCUT2D eigenvalue weighted by atomic mass is 9.94. The minimum atomic E-state index is -0.708.